The highest BCUT2D eigenvalue weighted by molar-refractivity contribution is 6.34. The van der Waals surface area contributed by atoms with E-state index in [1.165, 1.54) is 6.92 Å². The van der Waals surface area contributed by atoms with Crippen LogP contribution in [0.5, 0.6) is 5.75 Å². The molecule has 5 nitrogen and oxygen atoms in total. The van der Waals surface area contributed by atoms with E-state index in [0.29, 0.717) is 0 Å². The molecule has 0 heterocycles. The lowest BCUT2D eigenvalue weighted by molar-refractivity contribution is -0.385. The Hall–Kier alpha value is -1.62. The molecule has 0 saturated heterocycles. The topological polar surface area (TPSA) is 80.4 Å². The molecule has 0 fully saturated rings. The number of halogens is 1. The van der Waals surface area contributed by atoms with Gasteiger partial charge in [-0.3, -0.25) is 14.9 Å². The third-order valence-corrected chi connectivity index (χ3v) is 1.90. The van der Waals surface area contributed by atoms with Gasteiger partial charge in [-0.2, -0.15) is 0 Å². The maximum Gasteiger partial charge on any atom is 0.285 e. The second-order valence-corrected chi connectivity index (χ2v) is 3.04. The summed E-state index contributed by atoms with van der Waals surface area (Å²) in [6.07, 6.45) is 0. The number of aromatic hydroxyl groups is 1. The van der Waals surface area contributed by atoms with Crippen LogP contribution in [0.1, 0.15) is 17.3 Å². The van der Waals surface area contributed by atoms with Gasteiger partial charge >= 0.3 is 0 Å². The van der Waals surface area contributed by atoms with Gasteiger partial charge < -0.3 is 5.11 Å². The molecule has 74 valence electrons. The van der Waals surface area contributed by atoms with Crippen LogP contribution in [0, 0.1) is 10.1 Å². The van der Waals surface area contributed by atoms with Crippen molar-refractivity contribution >= 4 is 23.1 Å². The van der Waals surface area contributed by atoms with Crippen LogP contribution in [0.15, 0.2) is 12.1 Å². The normalized spacial score (nSPS) is 9.86. The van der Waals surface area contributed by atoms with Crippen LogP contribution in [-0.4, -0.2) is 15.8 Å². The monoisotopic (exact) mass is 215 g/mol. The number of ketones is 1. The predicted octanol–water partition coefficient (Wildman–Crippen LogP) is 2.16. The Morgan fingerprint density at radius 3 is 2.57 bits per heavy atom. The summed E-state index contributed by atoms with van der Waals surface area (Å²) in [6.45, 7) is 1.17. The van der Waals surface area contributed by atoms with Crippen molar-refractivity contribution in [2.45, 2.75) is 6.92 Å². The molecule has 1 rings (SSSR count). The smallest absolute Gasteiger partial charge is 0.285 e. The van der Waals surface area contributed by atoms with Crippen LogP contribution >= 0.6 is 11.6 Å². The molecule has 1 aromatic carbocycles. The van der Waals surface area contributed by atoms with Gasteiger partial charge in [-0.1, -0.05) is 11.6 Å². The van der Waals surface area contributed by atoms with Crippen LogP contribution < -0.4 is 0 Å². The summed E-state index contributed by atoms with van der Waals surface area (Å²) in [5, 5.41) is 19.4. The van der Waals surface area contributed by atoms with Crippen molar-refractivity contribution in [2.75, 3.05) is 0 Å². The number of hydrogen-bond donors (Lipinski definition) is 1. The molecule has 0 aliphatic rings. The third kappa shape index (κ3) is 1.82. The highest BCUT2D eigenvalue weighted by atomic mass is 35.5. The zero-order valence-corrected chi connectivity index (χ0v) is 7.91. The second-order valence-electron chi connectivity index (χ2n) is 2.64. The summed E-state index contributed by atoms with van der Waals surface area (Å²) in [5.74, 6) is -0.853. The first-order valence-electron chi connectivity index (χ1n) is 3.61. The van der Waals surface area contributed by atoms with Crippen LogP contribution in [-0.2, 0) is 0 Å². The average molecular weight is 216 g/mol. The number of nitro groups is 1. The fourth-order valence-corrected chi connectivity index (χ4v) is 1.41. The van der Waals surface area contributed by atoms with Gasteiger partial charge in [0.05, 0.1) is 16.0 Å². The molecule has 0 bridgehead atoms. The molecule has 0 aromatic heterocycles. The zero-order valence-electron chi connectivity index (χ0n) is 7.15. The maximum absolute atomic E-state index is 11.0. The molecule has 0 atom stereocenters. The molecule has 1 aromatic rings. The molecule has 0 unspecified atom stereocenters. The van der Waals surface area contributed by atoms with Crippen molar-refractivity contribution in [3.05, 3.63) is 32.8 Å². The highest BCUT2D eigenvalue weighted by Crippen LogP contribution is 2.31. The summed E-state index contributed by atoms with van der Waals surface area (Å²) in [4.78, 5) is 20.8. The standard InChI is InChI=1S/C8H6ClNO4/c1-4(11)8-6(9)2-5(12)3-7(8)10(13)14/h2-3,12H,1H3. The van der Waals surface area contributed by atoms with Gasteiger partial charge in [-0.25, -0.2) is 0 Å². The van der Waals surface area contributed by atoms with Gasteiger partial charge in [0.1, 0.15) is 11.3 Å². The van der Waals surface area contributed by atoms with E-state index in [9.17, 15) is 14.9 Å². The van der Waals surface area contributed by atoms with E-state index in [1.807, 2.05) is 0 Å². The van der Waals surface area contributed by atoms with E-state index >= 15 is 0 Å². The Kier molecular flexibility index (Phi) is 2.71. The lowest BCUT2D eigenvalue weighted by Gasteiger charge is -2.02. The lowest BCUT2D eigenvalue weighted by Crippen LogP contribution is -2.00. The lowest BCUT2D eigenvalue weighted by atomic mass is 10.1. The van der Waals surface area contributed by atoms with Crippen LogP contribution in [0.25, 0.3) is 0 Å². The molecule has 0 amide bonds. The number of carbonyl (C=O) groups excluding carboxylic acids is 1. The summed E-state index contributed by atoms with van der Waals surface area (Å²) in [7, 11) is 0. The SMILES string of the molecule is CC(=O)c1c(Cl)cc(O)cc1[N+](=O)[O-]. The van der Waals surface area contributed by atoms with E-state index in [-0.39, 0.29) is 16.3 Å². The van der Waals surface area contributed by atoms with Gasteiger partial charge in [-0.05, 0) is 13.0 Å². The van der Waals surface area contributed by atoms with E-state index in [1.54, 1.807) is 0 Å². The average Bonchev–Trinajstić information content (AvgIpc) is 2.01. The molecule has 0 aliphatic carbocycles. The molecule has 0 spiro atoms. The van der Waals surface area contributed by atoms with Gasteiger partial charge in [0.25, 0.3) is 5.69 Å². The molecule has 0 radical (unpaired) electrons. The van der Waals surface area contributed by atoms with Crippen molar-refractivity contribution in [3.63, 3.8) is 0 Å². The summed E-state index contributed by atoms with van der Waals surface area (Å²) >= 11 is 5.59. The number of hydrogen-bond acceptors (Lipinski definition) is 4. The second kappa shape index (κ2) is 3.63. The minimum atomic E-state index is -0.762. The van der Waals surface area contributed by atoms with Crippen molar-refractivity contribution < 1.29 is 14.8 Å². The quantitative estimate of drug-likeness (QED) is 0.466. The summed E-state index contributed by atoms with van der Waals surface area (Å²) in [5.41, 5.74) is -0.669. The van der Waals surface area contributed by atoms with E-state index in [4.69, 9.17) is 16.7 Å². The first kappa shape index (κ1) is 10.5. The van der Waals surface area contributed by atoms with Crippen LogP contribution in [0.4, 0.5) is 5.69 Å². The molecule has 14 heavy (non-hydrogen) atoms. The first-order chi connectivity index (χ1) is 6.43. The minimum Gasteiger partial charge on any atom is -0.508 e. The Bertz CT molecular complexity index is 416. The highest BCUT2D eigenvalue weighted by Gasteiger charge is 2.21. The summed E-state index contributed by atoms with van der Waals surface area (Å²) in [6, 6.07) is 1.98. The number of Topliss-reactive ketones (excluding diaryl/α,β-unsaturated/α-hetero) is 1. The third-order valence-electron chi connectivity index (χ3n) is 1.60. The fraction of sp³-hybridized carbons (Fsp3) is 0.125. The number of benzene rings is 1. The van der Waals surface area contributed by atoms with Gasteiger partial charge in [0.15, 0.2) is 5.78 Å². The summed E-state index contributed by atoms with van der Waals surface area (Å²) < 4.78 is 0. The first-order valence-corrected chi connectivity index (χ1v) is 3.99. The number of carbonyl (C=O) groups is 1. The zero-order chi connectivity index (χ0) is 10.9. The number of rotatable bonds is 2. The van der Waals surface area contributed by atoms with Crippen molar-refractivity contribution in [1.29, 1.82) is 0 Å². The minimum absolute atomic E-state index is 0.121. The fourth-order valence-electron chi connectivity index (χ4n) is 1.07. The number of phenolic OH excluding ortho intramolecular Hbond substituents is 1. The largest absolute Gasteiger partial charge is 0.508 e. The van der Waals surface area contributed by atoms with Crippen molar-refractivity contribution in [3.8, 4) is 5.75 Å². The van der Waals surface area contributed by atoms with E-state index < -0.39 is 16.4 Å². The van der Waals surface area contributed by atoms with E-state index in [0.717, 1.165) is 12.1 Å². The predicted molar refractivity (Wildman–Crippen MR) is 49.8 cm³/mol. The van der Waals surface area contributed by atoms with Crippen LogP contribution in [0.3, 0.4) is 0 Å². The Morgan fingerprint density at radius 1 is 1.57 bits per heavy atom. The molecule has 0 aliphatic heterocycles. The number of phenols is 1. The maximum atomic E-state index is 11.0. The molecule has 1 N–H and O–H groups in total. The van der Waals surface area contributed by atoms with Gasteiger partial charge in [0.2, 0.25) is 0 Å². The number of nitrogens with zero attached hydrogens (tertiary/aromatic N) is 1. The van der Waals surface area contributed by atoms with Crippen molar-refractivity contribution in [1.82, 2.24) is 0 Å². The van der Waals surface area contributed by atoms with Crippen molar-refractivity contribution in [2.24, 2.45) is 0 Å². The molecule has 6 heteroatoms. The molecule has 0 saturated carbocycles. The van der Waals surface area contributed by atoms with E-state index in [2.05, 4.69) is 0 Å². The van der Waals surface area contributed by atoms with Crippen LogP contribution in [0.2, 0.25) is 5.02 Å². The van der Waals surface area contributed by atoms with Gasteiger partial charge in [0, 0.05) is 0 Å². The van der Waals surface area contributed by atoms with Gasteiger partial charge in [-0.15, -0.1) is 0 Å². The Morgan fingerprint density at radius 2 is 2.14 bits per heavy atom. The molecular formula is C8H6ClNO4. The Balaban J connectivity index is 3.52. The molecular weight excluding hydrogens is 210 g/mol. The Labute approximate surface area is 84.1 Å². The number of nitro benzene ring substituents is 1.